The molecule has 2 aliphatic rings. The highest BCUT2D eigenvalue weighted by Crippen LogP contribution is 2.26. The molecule has 1 aromatic carbocycles. The second-order valence-electron chi connectivity index (χ2n) is 7.15. The van der Waals surface area contributed by atoms with Crippen LogP contribution in [-0.2, 0) is 4.74 Å². The summed E-state index contributed by atoms with van der Waals surface area (Å²) in [5.74, 6) is 0.482. The maximum Gasteiger partial charge on any atom is 0.251 e. The van der Waals surface area contributed by atoms with Crippen molar-refractivity contribution in [2.45, 2.75) is 24.4 Å². The Balaban J connectivity index is 1.62. The number of benzene rings is 1. The van der Waals surface area contributed by atoms with Gasteiger partial charge in [-0.2, -0.15) is 0 Å². The van der Waals surface area contributed by atoms with Crippen LogP contribution in [-0.4, -0.2) is 104 Å². The molecule has 2 fully saturated rings. The third-order valence-corrected chi connectivity index (χ3v) is 5.42. The lowest BCUT2D eigenvalue weighted by atomic mass is 10.0. The molecule has 27 heavy (non-hydrogen) atoms. The van der Waals surface area contributed by atoms with Crippen molar-refractivity contribution in [1.29, 1.82) is 0 Å². The van der Waals surface area contributed by atoms with Crippen LogP contribution >= 0.6 is 0 Å². The number of ether oxygens (including phenoxy) is 2. The Morgan fingerprint density at radius 2 is 1.89 bits per heavy atom. The van der Waals surface area contributed by atoms with E-state index in [9.17, 15) is 15.0 Å². The number of rotatable bonds is 6. The molecule has 0 bridgehead atoms. The largest absolute Gasteiger partial charge is 0.497 e. The van der Waals surface area contributed by atoms with E-state index >= 15 is 0 Å². The number of hydrogen-bond acceptors (Lipinski definition) is 7. The first kappa shape index (κ1) is 20.0. The topological polar surface area (TPSA) is 94.5 Å². The minimum absolute atomic E-state index is 0.208. The van der Waals surface area contributed by atoms with Crippen molar-refractivity contribution in [3.05, 3.63) is 29.8 Å². The molecule has 4 atom stereocenters. The number of amides is 1. The standard InChI is InChI=1S/C19H29N3O5/c1-21-7-9-22(10-8-21)17-15(27-16(12-23)18(17)24)11-20-19(25)13-3-5-14(26-2)6-4-13/h3-6,15-18,23-24H,7-12H2,1-2H3,(H,20,25). The maximum absolute atomic E-state index is 12.4. The van der Waals surface area contributed by atoms with Crippen LogP contribution in [0.5, 0.6) is 5.75 Å². The van der Waals surface area contributed by atoms with Gasteiger partial charge in [0.1, 0.15) is 18.0 Å². The van der Waals surface area contributed by atoms with Crippen molar-refractivity contribution in [2.24, 2.45) is 0 Å². The first-order valence-electron chi connectivity index (χ1n) is 9.32. The fourth-order valence-electron chi connectivity index (χ4n) is 3.75. The molecule has 3 N–H and O–H groups in total. The quantitative estimate of drug-likeness (QED) is 0.593. The Morgan fingerprint density at radius 1 is 1.22 bits per heavy atom. The van der Waals surface area contributed by atoms with Gasteiger partial charge in [-0.05, 0) is 31.3 Å². The van der Waals surface area contributed by atoms with E-state index in [-0.39, 0.29) is 31.2 Å². The van der Waals surface area contributed by atoms with Gasteiger partial charge in [0.2, 0.25) is 0 Å². The number of methoxy groups -OCH3 is 1. The van der Waals surface area contributed by atoms with Crippen molar-refractivity contribution in [1.82, 2.24) is 15.1 Å². The van der Waals surface area contributed by atoms with Crippen LogP contribution in [0, 0.1) is 0 Å². The molecule has 1 amide bonds. The average molecular weight is 379 g/mol. The molecule has 3 rings (SSSR count). The number of nitrogens with zero attached hydrogens (tertiary/aromatic N) is 2. The fourth-order valence-corrected chi connectivity index (χ4v) is 3.75. The normalized spacial score (nSPS) is 29.6. The van der Waals surface area contributed by atoms with E-state index < -0.39 is 12.2 Å². The summed E-state index contributed by atoms with van der Waals surface area (Å²) in [6, 6.07) is 6.63. The lowest BCUT2D eigenvalue weighted by molar-refractivity contribution is -0.0209. The molecule has 1 aromatic rings. The van der Waals surface area contributed by atoms with Crippen LogP contribution in [0.2, 0.25) is 0 Å². The minimum atomic E-state index is -0.777. The fraction of sp³-hybridized carbons (Fsp3) is 0.632. The van der Waals surface area contributed by atoms with Gasteiger partial charge in [-0.1, -0.05) is 0 Å². The van der Waals surface area contributed by atoms with Crippen LogP contribution in [0.25, 0.3) is 0 Å². The Kier molecular flexibility index (Phi) is 6.67. The number of likely N-dealkylation sites (N-methyl/N-ethyl adjacent to an activating group) is 1. The molecule has 2 heterocycles. The van der Waals surface area contributed by atoms with Gasteiger partial charge in [0.15, 0.2) is 0 Å². The average Bonchev–Trinajstić information content (AvgIpc) is 3.02. The van der Waals surface area contributed by atoms with E-state index in [1.54, 1.807) is 31.4 Å². The summed E-state index contributed by atoms with van der Waals surface area (Å²) in [5, 5.41) is 23.0. The van der Waals surface area contributed by atoms with E-state index in [2.05, 4.69) is 22.2 Å². The number of nitrogens with one attached hydrogen (secondary N) is 1. The van der Waals surface area contributed by atoms with E-state index in [4.69, 9.17) is 9.47 Å². The minimum Gasteiger partial charge on any atom is -0.497 e. The number of aliphatic hydroxyl groups is 2. The van der Waals surface area contributed by atoms with E-state index in [1.165, 1.54) is 0 Å². The van der Waals surface area contributed by atoms with Crippen molar-refractivity contribution < 1.29 is 24.5 Å². The van der Waals surface area contributed by atoms with Crippen molar-refractivity contribution in [3.63, 3.8) is 0 Å². The van der Waals surface area contributed by atoms with E-state index in [0.717, 1.165) is 26.2 Å². The van der Waals surface area contributed by atoms with Crippen LogP contribution < -0.4 is 10.1 Å². The second-order valence-corrected chi connectivity index (χ2v) is 7.15. The van der Waals surface area contributed by atoms with Gasteiger partial charge in [0.25, 0.3) is 5.91 Å². The summed E-state index contributed by atoms with van der Waals surface area (Å²) in [4.78, 5) is 16.9. The number of aliphatic hydroxyl groups excluding tert-OH is 2. The van der Waals surface area contributed by atoms with E-state index in [1.807, 2.05) is 0 Å². The van der Waals surface area contributed by atoms with Crippen LogP contribution in [0.15, 0.2) is 24.3 Å². The molecule has 0 aromatic heterocycles. The van der Waals surface area contributed by atoms with Gasteiger partial charge in [0, 0.05) is 38.3 Å². The predicted octanol–water partition coefficient (Wildman–Crippen LogP) is -0.838. The predicted molar refractivity (Wildman–Crippen MR) is 99.9 cm³/mol. The number of hydrogen-bond donors (Lipinski definition) is 3. The van der Waals surface area contributed by atoms with Crippen molar-refractivity contribution >= 4 is 5.91 Å². The van der Waals surface area contributed by atoms with Gasteiger partial charge in [0.05, 0.1) is 25.9 Å². The molecule has 0 spiro atoms. The summed E-state index contributed by atoms with van der Waals surface area (Å²) in [6.45, 7) is 3.50. The monoisotopic (exact) mass is 379 g/mol. The lowest BCUT2D eigenvalue weighted by Gasteiger charge is -2.39. The molecule has 4 unspecified atom stereocenters. The number of piperazine rings is 1. The zero-order chi connectivity index (χ0) is 19.4. The zero-order valence-electron chi connectivity index (χ0n) is 15.9. The third kappa shape index (κ3) is 4.59. The second kappa shape index (κ2) is 8.99. The first-order valence-corrected chi connectivity index (χ1v) is 9.32. The highest BCUT2D eigenvalue weighted by molar-refractivity contribution is 5.94. The molecule has 2 aliphatic heterocycles. The van der Waals surface area contributed by atoms with Gasteiger partial charge < -0.3 is 29.9 Å². The summed E-state index contributed by atoms with van der Waals surface area (Å²) < 4.78 is 11.0. The maximum atomic E-state index is 12.4. The first-order chi connectivity index (χ1) is 13.0. The van der Waals surface area contributed by atoms with Gasteiger partial charge in [-0.15, -0.1) is 0 Å². The van der Waals surface area contributed by atoms with Gasteiger partial charge >= 0.3 is 0 Å². The van der Waals surface area contributed by atoms with Gasteiger partial charge in [-0.3, -0.25) is 9.69 Å². The van der Waals surface area contributed by atoms with Crippen LogP contribution in [0.3, 0.4) is 0 Å². The Morgan fingerprint density at radius 3 is 2.48 bits per heavy atom. The van der Waals surface area contributed by atoms with E-state index in [0.29, 0.717) is 11.3 Å². The molecule has 0 radical (unpaired) electrons. The zero-order valence-corrected chi connectivity index (χ0v) is 15.9. The summed E-state index contributed by atoms with van der Waals surface area (Å²) in [5.41, 5.74) is 0.532. The molecular weight excluding hydrogens is 350 g/mol. The van der Waals surface area contributed by atoms with Crippen molar-refractivity contribution in [3.8, 4) is 5.75 Å². The molecule has 0 aliphatic carbocycles. The number of carbonyl (C=O) groups is 1. The molecule has 8 heteroatoms. The summed E-state index contributed by atoms with van der Waals surface area (Å²) in [7, 11) is 3.65. The molecular formula is C19H29N3O5. The van der Waals surface area contributed by atoms with Crippen molar-refractivity contribution in [2.75, 3.05) is 53.5 Å². The molecule has 0 saturated carbocycles. The summed E-state index contributed by atoms with van der Waals surface area (Å²) >= 11 is 0. The SMILES string of the molecule is COc1ccc(C(=O)NCC2OC(CO)C(O)C2N2CCN(C)CC2)cc1. The molecule has 2 saturated heterocycles. The number of carbonyl (C=O) groups excluding carboxylic acids is 1. The Labute approximate surface area is 159 Å². The molecule has 150 valence electrons. The Hall–Kier alpha value is -1.71. The van der Waals surface area contributed by atoms with Crippen LogP contribution in [0.4, 0.5) is 0 Å². The summed E-state index contributed by atoms with van der Waals surface area (Å²) in [6.07, 6.45) is -1.78. The van der Waals surface area contributed by atoms with Gasteiger partial charge in [-0.25, -0.2) is 0 Å². The highest BCUT2D eigenvalue weighted by atomic mass is 16.5. The smallest absolute Gasteiger partial charge is 0.251 e. The van der Waals surface area contributed by atoms with Crippen LogP contribution in [0.1, 0.15) is 10.4 Å². The Bertz CT molecular complexity index is 618. The highest BCUT2D eigenvalue weighted by Gasteiger charge is 2.46. The lowest BCUT2D eigenvalue weighted by Crippen LogP contribution is -2.56. The molecule has 8 nitrogen and oxygen atoms in total. The third-order valence-electron chi connectivity index (χ3n) is 5.42.